The molecule has 2 aliphatic rings. The van der Waals surface area contributed by atoms with Gasteiger partial charge in [-0.15, -0.1) is 0 Å². The molecule has 0 spiro atoms. The van der Waals surface area contributed by atoms with Crippen LogP contribution in [0.4, 0.5) is 11.9 Å². The fourth-order valence-electron chi connectivity index (χ4n) is 4.93. The van der Waals surface area contributed by atoms with Crippen molar-refractivity contribution in [3.63, 3.8) is 0 Å². The highest BCUT2D eigenvalue weighted by atomic mass is 31.2. The first-order chi connectivity index (χ1) is 21.7. The Balaban J connectivity index is 1.36. The first-order valence-corrected chi connectivity index (χ1v) is 14.7. The molecule has 250 valence electrons. The maximum atomic E-state index is 13.2. The van der Waals surface area contributed by atoms with Crippen LogP contribution in [0, 0.1) is 0 Å². The highest BCUT2D eigenvalue weighted by molar-refractivity contribution is 7.47. The summed E-state index contributed by atoms with van der Waals surface area (Å²) >= 11 is 0. The monoisotopic (exact) mass is 673 g/mol. The summed E-state index contributed by atoms with van der Waals surface area (Å²) in [6.45, 7) is 0.394. The summed E-state index contributed by atoms with van der Waals surface area (Å²) in [7, 11) is -5.18. The molecule has 0 radical (unpaired) electrons. The number of esters is 2. The molecule has 2 fully saturated rings. The van der Waals surface area contributed by atoms with E-state index in [0.717, 1.165) is 35.6 Å². The van der Waals surface area contributed by atoms with Gasteiger partial charge in [0.1, 0.15) is 30.7 Å². The Kier molecular flexibility index (Phi) is 9.19. The van der Waals surface area contributed by atoms with Crippen molar-refractivity contribution in [1.29, 1.82) is 0 Å². The van der Waals surface area contributed by atoms with Gasteiger partial charge in [-0.05, 0) is 0 Å². The first-order valence-electron chi connectivity index (χ1n) is 13.2. The van der Waals surface area contributed by atoms with Gasteiger partial charge < -0.3 is 45.5 Å². The molecule has 2 saturated heterocycles. The molecule has 0 aromatic carbocycles. The molecule has 0 amide bonds. The number of anilines is 2. The van der Waals surface area contributed by atoms with Crippen LogP contribution in [-0.2, 0) is 42.1 Å². The summed E-state index contributed by atoms with van der Waals surface area (Å²) in [5.41, 5.74) is 9.14. The summed E-state index contributed by atoms with van der Waals surface area (Å²) in [5, 5.41) is 20.8. The second-order valence-electron chi connectivity index (χ2n) is 9.97. The highest BCUT2D eigenvalue weighted by Crippen LogP contribution is 2.50. The van der Waals surface area contributed by atoms with E-state index in [1.807, 2.05) is 0 Å². The van der Waals surface area contributed by atoms with Crippen molar-refractivity contribution >= 4 is 42.8 Å². The van der Waals surface area contributed by atoms with Gasteiger partial charge in [-0.2, -0.15) is 9.97 Å². The van der Waals surface area contributed by atoms with Crippen LogP contribution in [0.3, 0.4) is 0 Å². The molecule has 46 heavy (non-hydrogen) atoms. The number of hydrogen-bond acceptors (Lipinski definition) is 19. The van der Waals surface area contributed by atoms with Crippen LogP contribution in [0.2, 0.25) is 0 Å². The molecule has 2 unspecified atom stereocenters. The first kappa shape index (κ1) is 33.0. The van der Waals surface area contributed by atoms with E-state index in [-0.39, 0.29) is 23.1 Å². The zero-order valence-electron chi connectivity index (χ0n) is 23.8. The van der Waals surface area contributed by atoms with Crippen molar-refractivity contribution in [3.05, 3.63) is 33.5 Å². The average Bonchev–Trinajstić information content (AvgIpc) is 3.61. The molecule has 3 aromatic rings. The van der Waals surface area contributed by atoms with Crippen molar-refractivity contribution in [1.82, 2.24) is 34.1 Å². The minimum absolute atomic E-state index is 0.0981. The largest absolute Gasteiger partial charge is 0.472 e. The van der Waals surface area contributed by atoms with E-state index < -0.39 is 93.3 Å². The lowest BCUT2D eigenvalue weighted by molar-refractivity contribution is -0.156. The SMILES string of the molecule is CC(=O)OC1[C@@H](O)[C@@H](COP(=O)(O)O[C@@H]2[C@H](OC(C)=O)[C@H](n3cnc4c(=O)[nH]c(N)nc43)O[C@@H]2CO)O[C@H]1n1cnc(N)nc1=O. The second-order valence-corrected chi connectivity index (χ2v) is 11.4. The van der Waals surface area contributed by atoms with E-state index in [9.17, 15) is 38.8 Å². The van der Waals surface area contributed by atoms with Crippen LogP contribution < -0.4 is 22.7 Å². The third kappa shape index (κ3) is 6.61. The Morgan fingerprint density at radius 2 is 1.63 bits per heavy atom. The van der Waals surface area contributed by atoms with Crippen LogP contribution in [0.5, 0.6) is 0 Å². The molecule has 5 rings (SSSR count). The Labute approximate surface area is 255 Å². The normalized spacial score (nSPS) is 29.1. The molecule has 3 aromatic heterocycles. The number of nitrogens with zero attached hydrogens (tertiary/aromatic N) is 6. The van der Waals surface area contributed by atoms with Gasteiger partial charge in [0.15, 0.2) is 35.8 Å². The quantitative estimate of drug-likeness (QED) is 0.0895. The number of rotatable bonds is 10. The van der Waals surface area contributed by atoms with E-state index in [1.54, 1.807) is 0 Å². The Morgan fingerprint density at radius 1 is 1.00 bits per heavy atom. The maximum absolute atomic E-state index is 13.2. The number of nitrogen functional groups attached to an aromatic ring is 2. The molecule has 23 nitrogen and oxygen atoms in total. The van der Waals surface area contributed by atoms with Gasteiger partial charge in [0, 0.05) is 13.8 Å². The van der Waals surface area contributed by atoms with Gasteiger partial charge in [-0.3, -0.25) is 37.5 Å². The summed E-state index contributed by atoms with van der Waals surface area (Å²) in [5.74, 6) is -2.36. The number of aliphatic hydroxyl groups is 2. The van der Waals surface area contributed by atoms with Gasteiger partial charge in [0.2, 0.25) is 11.9 Å². The number of carbonyl (C=O) groups excluding carboxylic acids is 2. The van der Waals surface area contributed by atoms with Crippen molar-refractivity contribution in [2.75, 3.05) is 24.7 Å². The van der Waals surface area contributed by atoms with Crippen molar-refractivity contribution < 1.29 is 57.3 Å². The van der Waals surface area contributed by atoms with Gasteiger partial charge in [-0.1, -0.05) is 0 Å². The number of aromatic nitrogens is 7. The summed E-state index contributed by atoms with van der Waals surface area (Å²) in [4.78, 5) is 76.4. The number of ether oxygens (including phenoxy) is 4. The summed E-state index contributed by atoms with van der Waals surface area (Å²) in [6.07, 6.45) is -10.1. The number of phosphoric acid groups is 1. The minimum Gasteiger partial charge on any atom is -0.455 e. The number of nitrogens with two attached hydrogens (primary N) is 2. The van der Waals surface area contributed by atoms with E-state index in [4.69, 9.17) is 39.5 Å². The van der Waals surface area contributed by atoms with Crippen molar-refractivity contribution in [3.8, 4) is 0 Å². The standard InChI is InChI=1S/C22H28N9O14P/c1-7(33)41-14-12(35)10(44-18(14)31-6-26-20(23)29-22(31)37)4-40-46(38,39)45-13-9(3-32)43-19(15(13)42-8(2)34)30-5-25-11-16(30)27-21(24)28-17(11)36/h5-6,9-10,12-15,18-19,32,35H,3-4H2,1-2H3,(H,38,39)(H2,23,29,37)(H3,24,27,28,36)/t9-,10-,12+,13+,14?,15+,18-,19-/m1/s1. The van der Waals surface area contributed by atoms with Gasteiger partial charge in [0.05, 0.1) is 19.5 Å². The van der Waals surface area contributed by atoms with Gasteiger partial charge in [0.25, 0.3) is 5.56 Å². The predicted octanol–water partition coefficient (Wildman–Crippen LogP) is -3.55. The van der Waals surface area contributed by atoms with Crippen LogP contribution in [0.15, 0.2) is 22.2 Å². The molecule has 0 bridgehead atoms. The summed E-state index contributed by atoms with van der Waals surface area (Å²) < 4.78 is 47.3. The average molecular weight is 673 g/mol. The van der Waals surface area contributed by atoms with Crippen LogP contribution >= 0.6 is 7.82 Å². The van der Waals surface area contributed by atoms with Crippen LogP contribution in [-0.4, -0.2) is 111 Å². The second kappa shape index (κ2) is 12.8. The Bertz CT molecular complexity index is 1800. The number of nitrogens with one attached hydrogen (secondary N) is 1. The van der Waals surface area contributed by atoms with E-state index >= 15 is 0 Å². The number of imidazole rings is 1. The van der Waals surface area contributed by atoms with Crippen molar-refractivity contribution in [2.45, 2.75) is 62.9 Å². The van der Waals surface area contributed by atoms with Gasteiger partial charge >= 0.3 is 25.5 Å². The van der Waals surface area contributed by atoms with Crippen LogP contribution in [0.1, 0.15) is 26.3 Å². The number of carbonyl (C=O) groups is 2. The topological polar surface area (TPSA) is 331 Å². The molecule has 8 N–H and O–H groups in total. The number of fused-ring (bicyclic) bond motifs is 1. The van der Waals surface area contributed by atoms with E-state index in [0.29, 0.717) is 0 Å². The molecule has 0 saturated carbocycles. The molecule has 2 aliphatic heterocycles. The molecular formula is C22H28N9O14P. The zero-order valence-corrected chi connectivity index (χ0v) is 24.7. The number of H-pyrrole nitrogens is 1. The Morgan fingerprint density at radius 3 is 2.28 bits per heavy atom. The Hall–Kier alpha value is -4.35. The third-order valence-corrected chi connectivity index (χ3v) is 7.77. The van der Waals surface area contributed by atoms with E-state index in [1.165, 1.54) is 0 Å². The lowest BCUT2D eigenvalue weighted by Gasteiger charge is -2.26. The third-order valence-electron chi connectivity index (χ3n) is 6.78. The molecule has 9 atom stereocenters. The van der Waals surface area contributed by atoms with Gasteiger partial charge in [-0.25, -0.2) is 19.3 Å². The molecule has 5 heterocycles. The minimum atomic E-state index is -5.18. The number of aromatic amines is 1. The molecule has 24 heteroatoms. The summed E-state index contributed by atoms with van der Waals surface area (Å²) in [6, 6.07) is 0. The number of hydrogen-bond donors (Lipinski definition) is 6. The predicted molar refractivity (Wildman–Crippen MR) is 146 cm³/mol. The fraction of sp³-hybridized carbons (Fsp3) is 0.545. The number of phosphoric ester groups is 1. The fourth-order valence-corrected chi connectivity index (χ4v) is 5.89. The lowest BCUT2D eigenvalue weighted by Crippen LogP contribution is -2.40. The van der Waals surface area contributed by atoms with Crippen LogP contribution in [0.25, 0.3) is 11.2 Å². The van der Waals surface area contributed by atoms with Crippen molar-refractivity contribution in [2.24, 2.45) is 0 Å². The molecular weight excluding hydrogens is 645 g/mol. The smallest absolute Gasteiger partial charge is 0.455 e. The number of aliphatic hydroxyl groups excluding tert-OH is 2. The zero-order chi connectivity index (χ0) is 33.5. The maximum Gasteiger partial charge on any atom is 0.472 e. The molecule has 0 aliphatic carbocycles. The lowest BCUT2D eigenvalue weighted by atomic mass is 10.1. The van der Waals surface area contributed by atoms with E-state index in [2.05, 4.69) is 24.9 Å². The highest BCUT2D eigenvalue weighted by Gasteiger charge is 2.53.